The molecule has 7 nitrogen and oxygen atoms in total. The molecule has 2 rings (SSSR count). The minimum absolute atomic E-state index is 0.0842. The highest BCUT2D eigenvalue weighted by Gasteiger charge is 2.17. The largest absolute Gasteiger partial charge is 0.326 e. The number of carbonyl (C=O) groups excluding carboxylic acids is 1. The minimum Gasteiger partial charge on any atom is -0.326 e. The Hall–Kier alpha value is -2.35. The molecule has 118 valence electrons. The second kappa shape index (κ2) is 6.18. The number of amides is 1. The van der Waals surface area contributed by atoms with Crippen LogP contribution in [-0.2, 0) is 14.8 Å². The van der Waals surface area contributed by atoms with Crippen LogP contribution in [0.15, 0.2) is 41.6 Å². The summed E-state index contributed by atoms with van der Waals surface area (Å²) in [5.74, 6) is -0.186. The van der Waals surface area contributed by atoms with Crippen molar-refractivity contribution in [2.24, 2.45) is 0 Å². The Balaban J connectivity index is 2.15. The highest BCUT2D eigenvalue weighted by Crippen LogP contribution is 2.18. The van der Waals surface area contributed by atoms with Gasteiger partial charge in [-0.25, -0.2) is 8.42 Å². The molecule has 1 heterocycles. The van der Waals surface area contributed by atoms with E-state index in [1.165, 1.54) is 19.3 Å². The molecule has 1 aromatic carbocycles. The molecule has 0 radical (unpaired) electrons. The van der Waals surface area contributed by atoms with Crippen LogP contribution < -0.4 is 10.0 Å². The lowest BCUT2D eigenvalue weighted by Crippen LogP contribution is -2.12. The molecule has 0 saturated carbocycles. The first-order valence-corrected chi connectivity index (χ1v) is 8.21. The molecular weight excluding hydrogens is 304 g/mol. The number of carbonyl (C=O) groups is 1. The zero-order chi connectivity index (χ0) is 16.3. The predicted octanol–water partition coefficient (Wildman–Crippen LogP) is 2.22. The van der Waals surface area contributed by atoms with Gasteiger partial charge in [-0.05, 0) is 38.1 Å². The smallest absolute Gasteiger partial charge is 0.265 e. The maximum atomic E-state index is 12.3. The number of nitrogens with zero attached hydrogens (tertiary/aromatic N) is 2. The molecule has 8 heteroatoms. The summed E-state index contributed by atoms with van der Waals surface area (Å²) >= 11 is 0. The van der Waals surface area contributed by atoms with Crippen LogP contribution in [0.3, 0.4) is 0 Å². The SMILES string of the molecule is CC(=O)Nc1ccc(NS(=O)(=O)c2cnn(C(C)C)c2)cc1. The summed E-state index contributed by atoms with van der Waals surface area (Å²) in [6.07, 6.45) is 2.80. The Labute approximate surface area is 129 Å². The van der Waals surface area contributed by atoms with Crippen LogP contribution in [0.1, 0.15) is 26.8 Å². The Bertz CT molecular complexity index is 764. The van der Waals surface area contributed by atoms with E-state index in [0.29, 0.717) is 11.4 Å². The molecular formula is C14H18N4O3S. The van der Waals surface area contributed by atoms with Crippen molar-refractivity contribution in [1.29, 1.82) is 0 Å². The van der Waals surface area contributed by atoms with Gasteiger partial charge in [-0.3, -0.25) is 14.2 Å². The summed E-state index contributed by atoms with van der Waals surface area (Å²) in [4.78, 5) is 11.0. The molecule has 0 unspecified atom stereocenters. The van der Waals surface area contributed by atoms with Crippen molar-refractivity contribution in [3.05, 3.63) is 36.7 Å². The molecule has 2 N–H and O–H groups in total. The van der Waals surface area contributed by atoms with Crippen LogP contribution >= 0.6 is 0 Å². The van der Waals surface area contributed by atoms with Crippen LogP contribution in [-0.4, -0.2) is 24.1 Å². The second-order valence-electron chi connectivity index (χ2n) is 5.11. The highest BCUT2D eigenvalue weighted by atomic mass is 32.2. The number of hydrogen-bond acceptors (Lipinski definition) is 4. The van der Waals surface area contributed by atoms with Gasteiger partial charge in [-0.2, -0.15) is 5.10 Å². The van der Waals surface area contributed by atoms with E-state index in [9.17, 15) is 13.2 Å². The molecule has 2 aromatic rings. The van der Waals surface area contributed by atoms with Gasteiger partial charge in [0.05, 0.1) is 6.20 Å². The summed E-state index contributed by atoms with van der Waals surface area (Å²) in [7, 11) is -3.68. The number of sulfonamides is 1. The number of anilines is 2. The van der Waals surface area contributed by atoms with E-state index in [-0.39, 0.29) is 16.8 Å². The number of aromatic nitrogens is 2. The number of nitrogens with one attached hydrogen (secondary N) is 2. The Morgan fingerprint density at radius 3 is 2.27 bits per heavy atom. The molecule has 0 saturated heterocycles. The summed E-state index contributed by atoms with van der Waals surface area (Å²) in [6, 6.07) is 6.49. The van der Waals surface area contributed by atoms with E-state index in [1.807, 2.05) is 13.8 Å². The molecule has 1 aromatic heterocycles. The molecule has 0 aliphatic rings. The summed E-state index contributed by atoms with van der Waals surface area (Å²) in [5.41, 5.74) is 1.01. The molecule has 1 amide bonds. The standard InChI is InChI=1S/C14H18N4O3S/c1-10(2)18-9-14(8-15-18)22(20,21)17-13-6-4-12(5-7-13)16-11(3)19/h4-10,17H,1-3H3,(H,16,19). The van der Waals surface area contributed by atoms with Gasteiger partial charge < -0.3 is 5.32 Å². The Kier molecular flexibility index (Phi) is 4.51. The fraction of sp³-hybridized carbons (Fsp3) is 0.286. The normalized spacial score (nSPS) is 11.5. The fourth-order valence-corrected chi connectivity index (χ4v) is 2.78. The molecule has 0 fully saturated rings. The average molecular weight is 322 g/mol. The maximum absolute atomic E-state index is 12.3. The number of benzene rings is 1. The monoisotopic (exact) mass is 322 g/mol. The molecule has 22 heavy (non-hydrogen) atoms. The number of hydrogen-bond donors (Lipinski definition) is 2. The Morgan fingerprint density at radius 2 is 1.77 bits per heavy atom. The number of rotatable bonds is 5. The maximum Gasteiger partial charge on any atom is 0.265 e. The van der Waals surface area contributed by atoms with Crippen molar-refractivity contribution >= 4 is 27.3 Å². The second-order valence-corrected chi connectivity index (χ2v) is 6.80. The highest BCUT2D eigenvalue weighted by molar-refractivity contribution is 7.92. The molecule has 0 atom stereocenters. The van der Waals surface area contributed by atoms with Crippen LogP contribution in [0.4, 0.5) is 11.4 Å². The molecule has 0 aliphatic carbocycles. The predicted molar refractivity (Wildman–Crippen MR) is 84.2 cm³/mol. The van der Waals surface area contributed by atoms with Gasteiger partial charge in [0.1, 0.15) is 4.90 Å². The summed E-state index contributed by atoms with van der Waals surface area (Å²) in [6.45, 7) is 5.23. The van der Waals surface area contributed by atoms with Crippen LogP contribution in [0.2, 0.25) is 0 Å². The van der Waals surface area contributed by atoms with Gasteiger partial charge in [-0.1, -0.05) is 0 Å². The third-order valence-electron chi connectivity index (χ3n) is 2.87. The van der Waals surface area contributed by atoms with Crippen LogP contribution in [0.5, 0.6) is 0 Å². The van der Waals surface area contributed by atoms with E-state index in [1.54, 1.807) is 28.9 Å². The van der Waals surface area contributed by atoms with Gasteiger partial charge in [0, 0.05) is 30.5 Å². The fourth-order valence-electron chi connectivity index (χ4n) is 1.78. The van der Waals surface area contributed by atoms with Crippen molar-refractivity contribution in [2.45, 2.75) is 31.7 Å². The lowest BCUT2D eigenvalue weighted by atomic mass is 10.3. The zero-order valence-electron chi connectivity index (χ0n) is 12.6. The van der Waals surface area contributed by atoms with Gasteiger partial charge in [0.15, 0.2) is 0 Å². The van der Waals surface area contributed by atoms with Crippen LogP contribution in [0.25, 0.3) is 0 Å². The van der Waals surface area contributed by atoms with Crippen molar-refractivity contribution in [2.75, 3.05) is 10.0 Å². The topological polar surface area (TPSA) is 93.1 Å². The van der Waals surface area contributed by atoms with Gasteiger partial charge in [0.2, 0.25) is 5.91 Å². The zero-order valence-corrected chi connectivity index (χ0v) is 13.4. The third-order valence-corrected chi connectivity index (χ3v) is 4.21. The lowest BCUT2D eigenvalue weighted by Gasteiger charge is -2.08. The van der Waals surface area contributed by atoms with Crippen molar-refractivity contribution < 1.29 is 13.2 Å². The van der Waals surface area contributed by atoms with E-state index >= 15 is 0 Å². The van der Waals surface area contributed by atoms with E-state index < -0.39 is 10.0 Å². The first-order chi connectivity index (χ1) is 10.3. The quantitative estimate of drug-likeness (QED) is 0.882. The first-order valence-electron chi connectivity index (χ1n) is 6.72. The third kappa shape index (κ3) is 3.85. The summed E-state index contributed by atoms with van der Waals surface area (Å²) < 4.78 is 28.6. The molecule has 0 bridgehead atoms. The first kappa shape index (κ1) is 16.0. The van der Waals surface area contributed by atoms with E-state index in [4.69, 9.17) is 0 Å². The molecule has 0 aliphatic heterocycles. The Morgan fingerprint density at radius 1 is 1.18 bits per heavy atom. The summed E-state index contributed by atoms with van der Waals surface area (Å²) in [5, 5.41) is 6.63. The minimum atomic E-state index is -3.68. The van der Waals surface area contributed by atoms with Gasteiger partial charge >= 0.3 is 0 Å². The van der Waals surface area contributed by atoms with Crippen LogP contribution in [0, 0.1) is 0 Å². The van der Waals surface area contributed by atoms with Gasteiger partial charge in [0.25, 0.3) is 10.0 Å². The lowest BCUT2D eigenvalue weighted by molar-refractivity contribution is -0.114. The van der Waals surface area contributed by atoms with E-state index in [0.717, 1.165) is 0 Å². The average Bonchev–Trinajstić information content (AvgIpc) is 2.91. The van der Waals surface area contributed by atoms with E-state index in [2.05, 4.69) is 15.1 Å². The van der Waals surface area contributed by atoms with Crippen molar-refractivity contribution in [1.82, 2.24) is 9.78 Å². The molecule has 0 spiro atoms. The van der Waals surface area contributed by atoms with Crippen molar-refractivity contribution in [3.63, 3.8) is 0 Å². The van der Waals surface area contributed by atoms with Crippen molar-refractivity contribution in [3.8, 4) is 0 Å². The van der Waals surface area contributed by atoms with Gasteiger partial charge in [-0.15, -0.1) is 0 Å².